The molecule has 0 radical (unpaired) electrons. The van der Waals surface area contributed by atoms with E-state index in [2.05, 4.69) is 31.2 Å². The van der Waals surface area contributed by atoms with Gasteiger partial charge in [-0.05, 0) is 34.9 Å². The molecule has 0 aliphatic rings. The molecular formula is C13H15N. The Balaban J connectivity index is 2.52. The number of anilines is 1. The Bertz CT molecular complexity index is 446. The van der Waals surface area contributed by atoms with E-state index in [9.17, 15) is 0 Å². The van der Waals surface area contributed by atoms with Crippen molar-refractivity contribution in [2.45, 2.75) is 19.8 Å². The quantitative estimate of drug-likeness (QED) is 0.713. The zero-order valence-electron chi connectivity index (χ0n) is 8.46. The van der Waals surface area contributed by atoms with E-state index in [-0.39, 0.29) is 0 Å². The Morgan fingerprint density at radius 2 is 1.79 bits per heavy atom. The molecule has 72 valence electrons. The van der Waals surface area contributed by atoms with Crippen LogP contribution >= 0.6 is 0 Å². The highest BCUT2D eigenvalue weighted by Crippen LogP contribution is 2.19. The Hall–Kier alpha value is -1.50. The first kappa shape index (κ1) is 9.07. The van der Waals surface area contributed by atoms with Crippen LogP contribution in [-0.2, 0) is 6.42 Å². The molecule has 0 heterocycles. The maximum atomic E-state index is 5.75. The first-order valence-corrected chi connectivity index (χ1v) is 5.08. The Morgan fingerprint density at radius 3 is 2.57 bits per heavy atom. The normalized spacial score (nSPS) is 10.6. The lowest BCUT2D eigenvalue weighted by Crippen LogP contribution is -1.86. The summed E-state index contributed by atoms with van der Waals surface area (Å²) in [5.74, 6) is 0. The summed E-state index contributed by atoms with van der Waals surface area (Å²) in [5.41, 5.74) is 7.98. The van der Waals surface area contributed by atoms with E-state index in [1.807, 2.05) is 12.1 Å². The average molecular weight is 185 g/mol. The van der Waals surface area contributed by atoms with E-state index in [1.54, 1.807) is 0 Å². The van der Waals surface area contributed by atoms with Crippen molar-refractivity contribution in [3.63, 3.8) is 0 Å². The van der Waals surface area contributed by atoms with E-state index in [1.165, 1.54) is 22.8 Å². The van der Waals surface area contributed by atoms with Gasteiger partial charge in [0.2, 0.25) is 0 Å². The van der Waals surface area contributed by atoms with E-state index in [4.69, 9.17) is 5.73 Å². The first-order valence-electron chi connectivity index (χ1n) is 5.08. The van der Waals surface area contributed by atoms with Crippen LogP contribution < -0.4 is 5.73 Å². The molecule has 2 aromatic rings. The highest BCUT2D eigenvalue weighted by atomic mass is 14.5. The lowest BCUT2D eigenvalue weighted by molar-refractivity contribution is 0.924. The summed E-state index contributed by atoms with van der Waals surface area (Å²) in [6.07, 6.45) is 2.33. The molecule has 0 aliphatic heterocycles. The zero-order chi connectivity index (χ0) is 9.97. The molecule has 14 heavy (non-hydrogen) atoms. The van der Waals surface area contributed by atoms with E-state index >= 15 is 0 Å². The van der Waals surface area contributed by atoms with Gasteiger partial charge in [0.15, 0.2) is 0 Å². The maximum Gasteiger partial charge on any atom is 0.0320 e. The van der Waals surface area contributed by atoms with Crippen LogP contribution in [-0.4, -0.2) is 0 Å². The third kappa shape index (κ3) is 1.72. The minimum absolute atomic E-state index is 0.839. The number of rotatable bonds is 2. The van der Waals surface area contributed by atoms with Gasteiger partial charge in [-0.15, -0.1) is 0 Å². The van der Waals surface area contributed by atoms with Crippen molar-refractivity contribution in [1.82, 2.24) is 0 Å². The minimum atomic E-state index is 0.839. The van der Waals surface area contributed by atoms with Gasteiger partial charge in [-0.25, -0.2) is 0 Å². The molecule has 2 aromatic carbocycles. The van der Waals surface area contributed by atoms with Gasteiger partial charge in [0.1, 0.15) is 0 Å². The van der Waals surface area contributed by atoms with Crippen LogP contribution in [0.2, 0.25) is 0 Å². The van der Waals surface area contributed by atoms with Crippen molar-refractivity contribution in [2.75, 3.05) is 5.73 Å². The van der Waals surface area contributed by atoms with Crippen molar-refractivity contribution >= 4 is 16.5 Å². The van der Waals surface area contributed by atoms with Crippen molar-refractivity contribution in [1.29, 1.82) is 0 Å². The van der Waals surface area contributed by atoms with Gasteiger partial charge < -0.3 is 5.73 Å². The Kier molecular flexibility index (Phi) is 2.40. The molecule has 2 N–H and O–H groups in total. The maximum absolute atomic E-state index is 5.75. The molecule has 1 nitrogen and oxygen atoms in total. The van der Waals surface area contributed by atoms with E-state index in [0.29, 0.717) is 0 Å². The van der Waals surface area contributed by atoms with Gasteiger partial charge in [0.05, 0.1) is 0 Å². The number of hydrogen-bond acceptors (Lipinski definition) is 1. The van der Waals surface area contributed by atoms with Crippen LogP contribution in [0, 0.1) is 0 Å². The predicted molar refractivity (Wildman–Crippen MR) is 62.4 cm³/mol. The SMILES string of the molecule is CCCc1ccc2ccc(N)cc2c1. The Morgan fingerprint density at radius 1 is 1.00 bits per heavy atom. The molecule has 0 spiro atoms. The van der Waals surface area contributed by atoms with Crippen LogP contribution in [0.15, 0.2) is 36.4 Å². The van der Waals surface area contributed by atoms with Gasteiger partial charge in [0, 0.05) is 5.69 Å². The second-order valence-corrected chi connectivity index (χ2v) is 3.69. The largest absolute Gasteiger partial charge is 0.399 e. The lowest BCUT2D eigenvalue weighted by atomic mass is 10.0. The molecule has 0 fully saturated rings. The predicted octanol–water partition coefficient (Wildman–Crippen LogP) is 3.37. The van der Waals surface area contributed by atoms with Crippen LogP contribution in [0.25, 0.3) is 10.8 Å². The van der Waals surface area contributed by atoms with Gasteiger partial charge in [-0.1, -0.05) is 37.6 Å². The minimum Gasteiger partial charge on any atom is -0.399 e. The third-order valence-corrected chi connectivity index (χ3v) is 2.47. The number of aryl methyl sites for hydroxylation is 1. The smallest absolute Gasteiger partial charge is 0.0320 e. The van der Waals surface area contributed by atoms with Crippen LogP contribution in [0.1, 0.15) is 18.9 Å². The van der Waals surface area contributed by atoms with Gasteiger partial charge >= 0.3 is 0 Å². The van der Waals surface area contributed by atoms with Crippen molar-refractivity contribution in [3.05, 3.63) is 42.0 Å². The van der Waals surface area contributed by atoms with E-state index < -0.39 is 0 Å². The van der Waals surface area contributed by atoms with Crippen molar-refractivity contribution < 1.29 is 0 Å². The molecule has 0 atom stereocenters. The molecule has 0 aliphatic carbocycles. The monoisotopic (exact) mass is 185 g/mol. The molecule has 0 aromatic heterocycles. The molecule has 0 amide bonds. The number of fused-ring (bicyclic) bond motifs is 1. The van der Waals surface area contributed by atoms with E-state index in [0.717, 1.165) is 12.1 Å². The van der Waals surface area contributed by atoms with Crippen LogP contribution in [0.5, 0.6) is 0 Å². The third-order valence-electron chi connectivity index (χ3n) is 2.47. The lowest BCUT2D eigenvalue weighted by Gasteiger charge is -2.03. The summed E-state index contributed by atoms with van der Waals surface area (Å²) in [5, 5.41) is 2.51. The number of nitrogen functional groups attached to an aromatic ring is 1. The highest BCUT2D eigenvalue weighted by Gasteiger charge is 1.96. The summed E-state index contributed by atoms with van der Waals surface area (Å²) >= 11 is 0. The topological polar surface area (TPSA) is 26.0 Å². The second-order valence-electron chi connectivity index (χ2n) is 3.69. The Labute approximate surface area is 84.5 Å². The van der Waals surface area contributed by atoms with Crippen LogP contribution in [0.3, 0.4) is 0 Å². The number of hydrogen-bond donors (Lipinski definition) is 1. The zero-order valence-corrected chi connectivity index (χ0v) is 8.46. The van der Waals surface area contributed by atoms with Gasteiger partial charge in [0.25, 0.3) is 0 Å². The molecule has 0 saturated carbocycles. The summed E-state index contributed by atoms with van der Waals surface area (Å²) in [6.45, 7) is 2.20. The van der Waals surface area contributed by atoms with Gasteiger partial charge in [-0.3, -0.25) is 0 Å². The first-order chi connectivity index (χ1) is 6.79. The average Bonchev–Trinajstić information content (AvgIpc) is 2.17. The van der Waals surface area contributed by atoms with Crippen molar-refractivity contribution in [2.24, 2.45) is 0 Å². The fraction of sp³-hybridized carbons (Fsp3) is 0.231. The molecular weight excluding hydrogens is 170 g/mol. The summed E-state index contributed by atoms with van der Waals surface area (Å²) < 4.78 is 0. The van der Waals surface area contributed by atoms with Gasteiger partial charge in [-0.2, -0.15) is 0 Å². The number of benzene rings is 2. The summed E-state index contributed by atoms with van der Waals surface area (Å²) in [4.78, 5) is 0. The van der Waals surface area contributed by atoms with Crippen LogP contribution in [0.4, 0.5) is 5.69 Å². The number of nitrogens with two attached hydrogens (primary N) is 1. The standard InChI is InChI=1S/C13H15N/c1-2-3-10-4-5-11-6-7-13(14)9-12(11)8-10/h4-9H,2-3,14H2,1H3. The van der Waals surface area contributed by atoms with Crippen molar-refractivity contribution in [3.8, 4) is 0 Å². The molecule has 2 rings (SSSR count). The summed E-state index contributed by atoms with van der Waals surface area (Å²) in [7, 11) is 0. The molecule has 0 saturated heterocycles. The highest BCUT2D eigenvalue weighted by molar-refractivity contribution is 5.85. The second kappa shape index (κ2) is 3.70. The molecule has 0 unspecified atom stereocenters. The molecule has 1 heteroatoms. The fourth-order valence-electron chi connectivity index (χ4n) is 1.76. The summed E-state index contributed by atoms with van der Waals surface area (Å²) in [6, 6.07) is 12.6. The fourth-order valence-corrected chi connectivity index (χ4v) is 1.76. The molecule has 0 bridgehead atoms.